The Balaban J connectivity index is 1.60. The van der Waals surface area contributed by atoms with Gasteiger partial charge in [-0.15, -0.1) is 0 Å². The van der Waals surface area contributed by atoms with Gasteiger partial charge in [0, 0.05) is 37.3 Å². The average molecular weight is 366 g/mol. The summed E-state index contributed by atoms with van der Waals surface area (Å²) in [5, 5.41) is 5.00. The summed E-state index contributed by atoms with van der Waals surface area (Å²) in [4.78, 5) is 14.9. The van der Waals surface area contributed by atoms with E-state index in [0.29, 0.717) is 24.5 Å². The average Bonchev–Trinajstić information content (AvgIpc) is 3.09. The van der Waals surface area contributed by atoms with Gasteiger partial charge in [-0.2, -0.15) is 5.10 Å². The molecule has 132 valence electrons. The minimum atomic E-state index is 0.135. The topological polar surface area (TPSA) is 38.1 Å². The third-order valence-corrected chi connectivity index (χ3v) is 5.20. The number of halogens is 1. The second-order valence-electron chi connectivity index (χ2n) is 6.78. The normalized spacial score (nSPS) is 16.4. The van der Waals surface area contributed by atoms with E-state index in [1.54, 1.807) is 0 Å². The van der Waals surface area contributed by atoms with Crippen LogP contribution in [0.3, 0.4) is 0 Å². The summed E-state index contributed by atoms with van der Waals surface area (Å²) < 4.78 is 1.81. The molecule has 0 aliphatic carbocycles. The van der Waals surface area contributed by atoms with Crippen LogP contribution in [0.4, 0.5) is 0 Å². The first-order valence-electron chi connectivity index (χ1n) is 8.69. The second kappa shape index (κ2) is 6.96. The number of rotatable bonds is 3. The molecule has 2 aromatic carbocycles. The second-order valence-corrected chi connectivity index (χ2v) is 7.21. The van der Waals surface area contributed by atoms with Gasteiger partial charge in [0.2, 0.25) is 5.91 Å². The number of aryl methyl sites for hydroxylation is 1. The fourth-order valence-corrected chi connectivity index (χ4v) is 3.72. The Kier molecular flexibility index (Phi) is 4.51. The molecule has 4 nitrogen and oxygen atoms in total. The van der Waals surface area contributed by atoms with Crippen molar-refractivity contribution in [2.45, 2.75) is 18.9 Å². The predicted molar refractivity (Wildman–Crippen MR) is 102 cm³/mol. The first kappa shape index (κ1) is 16.9. The van der Waals surface area contributed by atoms with Crippen molar-refractivity contribution >= 4 is 17.5 Å². The zero-order chi connectivity index (χ0) is 18.1. The fraction of sp³-hybridized carbons (Fsp3) is 0.238. The first-order valence-corrected chi connectivity index (χ1v) is 9.06. The van der Waals surface area contributed by atoms with E-state index in [9.17, 15) is 4.79 Å². The van der Waals surface area contributed by atoms with Crippen LogP contribution >= 0.6 is 11.6 Å². The monoisotopic (exact) mass is 365 g/mol. The zero-order valence-electron chi connectivity index (χ0n) is 14.6. The molecule has 3 aromatic rings. The molecule has 0 saturated heterocycles. The minimum absolute atomic E-state index is 0.135. The molecule has 1 aromatic heterocycles. The number of hydrogen-bond donors (Lipinski definition) is 0. The van der Waals surface area contributed by atoms with Crippen molar-refractivity contribution in [1.82, 2.24) is 14.7 Å². The molecule has 5 heteroatoms. The highest BCUT2D eigenvalue weighted by atomic mass is 35.5. The van der Waals surface area contributed by atoms with Gasteiger partial charge >= 0.3 is 0 Å². The highest BCUT2D eigenvalue weighted by molar-refractivity contribution is 6.30. The summed E-state index contributed by atoms with van der Waals surface area (Å²) in [5.74, 6) is 0.290. The van der Waals surface area contributed by atoms with E-state index in [1.807, 2.05) is 59.4 Å². The van der Waals surface area contributed by atoms with E-state index in [4.69, 9.17) is 11.6 Å². The summed E-state index contributed by atoms with van der Waals surface area (Å²) in [6, 6.07) is 15.9. The molecule has 26 heavy (non-hydrogen) atoms. The van der Waals surface area contributed by atoms with Crippen molar-refractivity contribution in [2.75, 3.05) is 6.54 Å². The maximum Gasteiger partial charge on any atom is 0.227 e. The molecule has 2 heterocycles. The Hall–Kier alpha value is -2.59. The summed E-state index contributed by atoms with van der Waals surface area (Å²) in [6.45, 7) is 1.33. The Morgan fingerprint density at radius 1 is 1.19 bits per heavy atom. The van der Waals surface area contributed by atoms with Crippen molar-refractivity contribution < 1.29 is 4.79 Å². The summed E-state index contributed by atoms with van der Waals surface area (Å²) in [6.07, 6.45) is 4.32. The summed E-state index contributed by atoms with van der Waals surface area (Å²) >= 11 is 5.94. The molecule has 0 saturated carbocycles. The summed E-state index contributed by atoms with van der Waals surface area (Å²) in [7, 11) is 1.92. The Bertz CT molecular complexity index is 932. The van der Waals surface area contributed by atoms with Gasteiger partial charge in [0.1, 0.15) is 0 Å². The molecule has 1 aliphatic heterocycles. The molecule has 0 radical (unpaired) electrons. The smallest absolute Gasteiger partial charge is 0.227 e. The molecule has 4 rings (SSSR count). The molecule has 1 amide bonds. The molecule has 0 fully saturated rings. The van der Waals surface area contributed by atoms with Crippen LogP contribution in [0, 0.1) is 0 Å². The third kappa shape index (κ3) is 3.37. The number of benzene rings is 2. The van der Waals surface area contributed by atoms with Crippen LogP contribution in [0.2, 0.25) is 5.02 Å². The molecule has 0 spiro atoms. The van der Waals surface area contributed by atoms with Crippen LogP contribution in [0.1, 0.15) is 28.2 Å². The Morgan fingerprint density at radius 3 is 2.69 bits per heavy atom. The molecule has 0 N–H and O–H groups in total. The Morgan fingerprint density at radius 2 is 1.96 bits per heavy atom. The van der Waals surface area contributed by atoms with Gasteiger partial charge in [-0.1, -0.05) is 48.0 Å². The van der Waals surface area contributed by atoms with Gasteiger partial charge in [-0.05, 0) is 34.4 Å². The zero-order valence-corrected chi connectivity index (χ0v) is 15.4. The van der Waals surface area contributed by atoms with Crippen LogP contribution < -0.4 is 0 Å². The number of amides is 1. The number of nitrogens with zero attached hydrogens (tertiary/aromatic N) is 3. The van der Waals surface area contributed by atoms with Gasteiger partial charge < -0.3 is 4.90 Å². The van der Waals surface area contributed by atoms with Crippen molar-refractivity contribution in [1.29, 1.82) is 0 Å². The number of carbonyl (C=O) groups is 1. The minimum Gasteiger partial charge on any atom is -0.337 e. The van der Waals surface area contributed by atoms with Crippen molar-refractivity contribution in [3.63, 3.8) is 0 Å². The van der Waals surface area contributed by atoms with E-state index in [-0.39, 0.29) is 11.8 Å². The van der Waals surface area contributed by atoms with Crippen molar-refractivity contribution in [2.24, 2.45) is 7.05 Å². The molecule has 0 unspecified atom stereocenters. The fourth-order valence-electron chi connectivity index (χ4n) is 3.59. The third-order valence-electron chi connectivity index (χ3n) is 4.94. The van der Waals surface area contributed by atoms with E-state index in [0.717, 1.165) is 11.1 Å². The lowest BCUT2D eigenvalue weighted by molar-refractivity contribution is -0.131. The largest absolute Gasteiger partial charge is 0.337 e. The van der Waals surface area contributed by atoms with Crippen LogP contribution in [-0.2, 0) is 24.8 Å². The van der Waals surface area contributed by atoms with Crippen LogP contribution in [0.15, 0.2) is 60.9 Å². The highest BCUT2D eigenvalue weighted by Crippen LogP contribution is 2.33. The molecule has 1 atom stereocenters. The maximum atomic E-state index is 12.9. The molecular weight excluding hydrogens is 346 g/mol. The van der Waals surface area contributed by atoms with E-state index in [1.165, 1.54) is 11.1 Å². The van der Waals surface area contributed by atoms with Crippen LogP contribution in [0.25, 0.3) is 0 Å². The lowest BCUT2D eigenvalue weighted by Crippen LogP contribution is -2.39. The standard InChI is InChI=1S/C21H20ClN3O/c1-24-12-17(11-23-24)20-14-25(13-16-4-2-3-5-19(16)20)21(26)10-15-6-8-18(22)9-7-15/h2-9,11-12,20H,10,13-14H2,1H3/t20-/m0/s1. The van der Waals surface area contributed by atoms with Gasteiger partial charge in [-0.25, -0.2) is 0 Å². The van der Waals surface area contributed by atoms with Gasteiger partial charge in [0.15, 0.2) is 0 Å². The number of fused-ring (bicyclic) bond motifs is 1. The van der Waals surface area contributed by atoms with E-state index >= 15 is 0 Å². The lowest BCUT2D eigenvalue weighted by Gasteiger charge is -2.34. The predicted octanol–water partition coefficient (Wildman–Crippen LogP) is 3.79. The van der Waals surface area contributed by atoms with Gasteiger partial charge in [-0.3, -0.25) is 9.48 Å². The van der Waals surface area contributed by atoms with Gasteiger partial charge in [0.05, 0.1) is 12.6 Å². The number of aromatic nitrogens is 2. The number of carbonyl (C=O) groups excluding carboxylic acids is 1. The maximum absolute atomic E-state index is 12.9. The lowest BCUT2D eigenvalue weighted by atomic mass is 9.86. The molecular formula is C21H20ClN3O. The molecule has 1 aliphatic rings. The van der Waals surface area contributed by atoms with Crippen LogP contribution in [-0.4, -0.2) is 27.1 Å². The van der Waals surface area contributed by atoms with Gasteiger partial charge in [0.25, 0.3) is 0 Å². The van der Waals surface area contributed by atoms with Crippen LogP contribution in [0.5, 0.6) is 0 Å². The van der Waals surface area contributed by atoms with E-state index in [2.05, 4.69) is 23.3 Å². The van der Waals surface area contributed by atoms with E-state index < -0.39 is 0 Å². The highest BCUT2D eigenvalue weighted by Gasteiger charge is 2.29. The Labute approximate surface area is 158 Å². The first-order chi connectivity index (χ1) is 12.6. The van der Waals surface area contributed by atoms with Crippen molar-refractivity contribution in [3.8, 4) is 0 Å². The number of hydrogen-bond acceptors (Lipinski definition) is 2. The SMILES string of the molecule is Cn1cc([C@@H]2CN(C(=O)Cc3ccc(Cl)cc3)Cc3ccccc32)cn1. The van der Waals surface area contributed by atoms with Crippen molar-refractivity contribution in [3.05, 3.63) is 88.2 Å². The quantitative estimate of drug-likeness (QED) is 0.708. The summed E-state index contributed by atoms with van der Waals surface area (Å²) in [5.41, 5.74) is 4.62. The molecule has 0 bridgehead atoms.